The van der Waals surface area contributed by atoms with Crippen LogP contribution in [0.2, 0.25) is 0 Å². The summed E-state index contributed by atoms with van der Waals surface area (Å²) in [6.45, 7) is 4.12. The molecule has 1 atom stereocenters. The number of aryl methyl sites for hydroxylation is 1. The summed E-state index contributed by atoms with van der Waals surface area (Å²) in [4.78, 5) is 16.6. The molecule has 0 bridgehead atoms. The molecule has 1 aliphatic rings. The zero-order valence-electron chi connectivity index (χ0n) is 13.0. The predicted octanol–water partition coefficient (Wildman–Crippen LogP) is 3.89. The second-order valence-electron chi connectivity index (χ2n) is 6.11. The van der Waals surface area contributed by atoms with Gasteiger partial charge in [0, 0.05) is 18.5 Å². The lowest BCUT2D eigenvalue weighted by Crippen LogP contribution is -2.34. The van der Waals surface area contributed by atoms with Crippen molar-refractivity contribution in [1.82, 2.24) is 10.3 Å². The van der Waals surface area contributed by atoms with Gasteiger partial charge in [-0.2, -0.15) is 0 Å². The first-order chi connectivity index (χ1) is 10.8. The highest BCUT2D eigenvalue weighted by Crippen LogP contribution is 2.63. The largest absolute Gasteiger partial charge is 0.441 e. The normalized spacial score (nSPS) is 21.9. The third kappa shape index (κ3) is 3.10. The number of nitrogens with one attached hydrogen (secondary N) is 1. The molecule has 6 heteroatoms. The van der Waals surface area contributed by atoms with Crippen molar-refractivity contribution >= 4 is 29.1 Å². The Morgan fingerprint density at radius 2 is 2.00 bits per heavy atom. The average molecular weight is 353 g/mol. The van der Waals surface area contributed by atoms with Gasteiger partial charge in [0.05, 0.1) is 11.1 Å². The molecule has 4 nitrogen and oxygen atoms in total. The molecule has 3 rings (SSSR count). The molecule has 122 valence electrons. The fourth-order valence-electron chi connectivity index (χ4n) is 2.50. The molecule has 1 aromatic carbocycles. The number of amides is 1. The molecule has 1 heterocycles. The third-order valence-electron chi connectivity index (χ3n) is 4.32. The van der Waals surface area contributed by atoms with Crippen molar-refractivity contribution in [1.29, 1.82) is 0 Å². The Balaban J connectivity index is 1.59. The maximum Gasteiger partial charge on any atom is 0.229 e. The van der Waals surface area contributed by atoms with Gasteiger partial charge in [0.15, 0.2) is 0 Å². The summed E-state index contributed by atoms with van der Waals surface area (Å²) in [5, 5.41) is 2.88. The van der Waals surface area contributed by atoms with E-state index in [1.807, 2.05) is 37.3 Å². The molecule has 0 saturated heterocycles. The molecule has 2 aromatic rings. The first kappa shape index (κ1) is 16.3. The van der Waals surface area contributed by atoms with Crippen LogP contribution in [-0.4, -0.2) is 21.8 Å². The maximum atomic E-state index is 12.1. The molecule has 0 unspecified atom stereocenters. The summed E-state index contributed by atoms with van der Waals surface area (Å²) in [6.07, 6.45) is 1.08. The van der Waals surface area contributed by atoms with Crippen LogP contribution in [0.25, 0.3) is 11.5 Å². The summed E-state index contributed by atoms with van der Waals surface area (Å²) in [7, 11) is 0. The van der Waals surface area contributed by atoms with E-state index >= 15 is 0 Å². The quantitative estimate of drug-likeness (QED) is 0.830. The van der Waals surface area contributed by atoms with Crippen molar-refractivity contribution in [3.63, 3.8) is 0 Å². The van der Waals surface area contributed by atoms with Crippen LogP contribution in [0, 0.1) is 12.3 Å². The van der Waals surface area contributed by atoms with Gasteiger partial charge < -0.3 is 9.73 Å². The Morgan fingerprint density at radius 1 is 1.35 bits per heavy atom. The van der Waals surface area contributed by atoms with E-state index in [1.54, 1.807) is 6.92 Å². The Kier molecular flexibility index (Phi) is 4.15. The van der Waals surface area contributed by atoms with Gasteiger partial charge in [-0.1, -0.05) is 18.2 Å². The molecule has 1 N–H and O–H groups in total. The average Bonchev–Trinajstić information content (AvgIpc) is 2.86. The van der Waals surface area contributed by atoms with Crippen molar-refractivity contribution in [2.24, 2.45) is 5.41 Å². The smallest absolute Gasteiger partial charge is 0.229 e. The predicted molar refractivity (Wildman–Crippen MR) is 90.6 cm³/mol. The van der Waals surface area contributed by atoms with E-state index in [1.165, 1.54) is 0 Å². The van der Waals surface area contributed by atoms with E-state index in [9.17, 15) is 4.79 Å². The number of oxazole rings is 1. The lowest BCUT2D eigenvalue weighted by atomic mass is 10.1. The molecular formula is C17H18Cl2N2O2. The van der Waals surface area contributed by atoms with Gasteiger partial charge in [-0.3, -0.25) is 4.79 Å². The molecule has 23 heavy (non-hydrogen) atoms. The second-order valence-corrected chi connectivity index (χ2v) is 7.59. The summed E-state index contributed by atoms with van der Waals surface area (Å²) in [6, 6.07) is 9.73. The maximum absolute atomic E-state index is 12.1. The number of halogens is 2. The van der Waals surface area contributed by atoms with Crippen LogP contribution in [0.3, 0.4) is 0 Å². The number of benzene rings is 1. The summed E-state index contributed by atoms with van der Waals surface area (Å²) in [5.41, 5.74) is 1.09. The highest BCUT2D eigenvalue weighted by Gasteiger charge is 2.67. The first-order valence-corrected chi connectivity index (χ1v) is 8.27. The highest BCUT2D eigenvalue weighted by molar-refractivity contribution is 6.53. The Morgan fingerprint density at radius 3 is 2.61 bits per heavy atom. The van der Waals surface area contributed by atoms with Crippen LogP contribution in [0.15, 0.2) is 34.7 Å². The van der Waals surface area contributed by atoms with Crippen LogP contribution in [0.1, 0.15) is 24.8 Å². The van der Waals surface area contributed by atoms with Gasteiger partial charge in [0.1, 0.15) is 10.1 Å². The third-order valence-corrected chi connectivity index (χ3v) is 5.42. The van der Waals surface area contributed by atoms with Crippen molar-refractivity contribution in [2.75, 3.05) is 6.54 Å². The molecule has 1 aromatic heterocycles. The number of rotatable bonds is 5. The zero-order chi connectivity index (χ0) is 16.7. The van der Waals surface area contributed by atoms with Gasteiger partial charge in [-0.15, -0.1) is 23.2 Å². The first-order valence-electron chi connectivity index (χ1n) is 7.51. The summed E-state index contributed by atoms with van der Waals surface area (Å²) < 4.78 is 4.76. The van der Waals surface area contributed by atoms with E-state index in [0.717, 1.165) is 17.0 Å². The lowest BCUT2D eigenvalue weighted by Gasteiger charge is -2.12. The van der Waals surface area contributed by atoms with E-state index in [4.69, 9.17) is 27.6 Å². The Hall–Kier alpha value is -1.52. The molecule has 1 amide bonds. The monoisotopic (exact) mass is 352 g/mol. The molecule has 1 saturated carbocycles. The molecule has 0 spiro atoms. The van der Waals surface area contributed by atoms with Crippen molar-refractivity contribution in [2.45, 2.75) is 31.0 Å². The molecule has 0 radical (unpaired) electrons. The van der Waals surface area contributed by atoms with Crippen molar-refractivity contribution in [3.8, 4) is 11.5 Å². The summed E-state index contributed by atoms with van der Waals surface area (Å²) in [5.74, 6) is 1.24. The van der Waals surface area contributed by atoms with Gasteiger partial charge in [-0.05, 0) is 32.4 Å². The Bertz CT molecular complexity index is 727. The number of alkyl halides is 2. The van der Waals surface area contributed by atoms with Crippen LogP contribution in [0.5, 0.6) is 0 Å². The minimum Gasteiger partial charge on any atom is -0.441 e. The van der Waals surface area contributed by atoms with Crippen molar-refractivity contribution in [3.05, 3.63) is 41.8 Å². The summed E-state index contributed by atoms with van der Waals surface area (Å²) >= 11 is 12.0. The fraction of sp³-hybridized carbons (Fsp3) is 0.412. The van der Waals surface area contributed by atoms with Crippen LogP contribution in [0.4, 0.5) is 0 Å². The number of hydrogen-bond acceptors (Lipinski definition) is 3. The highest BCUT2D eigenvalue weighted by atomic mass is 35.5. The SMILES string of the molecule is Cc1oc(-c2ccccc2)nc1CCNC(=O)[C@@]1(C)CC1(Cl)Cl. The van der Waals surface area contributed by atoms with Gasteiger partial charge >= 0.3 is 0 Å². The fourth-order valence-corrected chi connectivity index (χ4v) is 3.21. The van der Waals surface area contributed by atoms with Crippen LogP contribution < -0.4 is 5.32 Å². The molecule has 1 aliphatic carbocycles. The molecule has 0 aliphatic heterocycles. The van der Waals surface area contributed by atoms with Gasteiger partial charge in [0.25, 0.3) is 0 Å². The number of aromatic nitrogens is 1. The zero-order valence-corrected chi connectivity index (χ0v) is 14.5. The minimum absolute atomic E-state index is 0.119. The number of carbonyl (C=O) groups excluding carboxylic acids is 1. The van der Waals surface area contributed by atoms with E-state index in [0.29, 0.717) is 25.3 Å². The van der Waals surface area contributed by atoms with E-state index in [-0.39, 0.29) is 5.91 Å². The molecular weight excluding hydrogens is 335 g/mol. The van der Waals surface area contributed by atoms with Crippen LogP contribution >= 0.6 is 23.2 Å². The van der Waals surface area contributed by atoms with E-state index in [2.05, 4.69) is 10.3 Å². The lowest BCUT2D eigenvalue weighted by molar-refractivity contribution is -0.125. The standard InChI is InChI=1S/C17H18Cl2N2O2/c1-11-13(21-14(23-11)12-6-4-3-5-7-12)8-9-20-15(22)16(2)10-17(16,18)19/h3-7H,8-10H2,1-2H3,(H,20,22)/t16-/m1/s1. The number of carbonyl (C=O) groups is 1. The number of hydrogen-bond donors (Lipinski definition) is 1. The van der Waals surface area contributed by atoms with Crippen LogP contribution in [-0.2, 0) is 11.2 Å². The van der Waals surface area contributed by atoms with Crippen molar-refractivity contribution < 1.29 is 9.21 Å². The number of nitrogens with zero attached hydrogens (tertiary/aromatic N) is 1. The topological polar surface area (TPSA) is 55.1 Å². The minimum atomic E-state index is -0.943. The van der Waals surface area contributed by atoms with Gasteiger partial charge in [0.2, 0.25) is 11.8 Å². The Labute approximate surface area is 145 Å². The second kappa shape index (κ2) is 5.84. The molecule has 1 fully saturated rings. The van der Waals surface area contributed by atoms with E-state index < -0.39 is 9.75 Å². The van der Waals surface area contributed by atoms with Gasteiger partial charge in [-0.25, -0.2) is 4.98 Å².